The number of anilines is 1. The number of carbonyl (C=O) groups excluding carboxylic acids is 1. The molecule has 0 saturated carbocycles. The highest BCUT2D eigenvalue weighted by Crippen LogP contribution is 2.33. The highest BCUT2D eigenvalue weighted by molar-refractivity contribution is 7.89. The predicted octanol–water partition coefficient (Wildman–Crippen LogP) is 1.53. The number of rotatable bonds is 7. The number of benzene rings is 2. The minimum Gasteiger partial charge on any atom is -0.490 e. The van der Waals surface area contributed by atoms with Crippen molar-refractivity contribution in [1.82, 2.24) is 14.5 Å². The van der Waals surface area contributed by atoms with Crippen molar-refractivity contribution < 1.29 is 17.9 Å². The van der Waals surface area contributed by atoms with E-state index in [0.29, 0.717) is 37.7 Å². The number of sulfonamides is 1. The first-order valence-electron chi connectivity index (χ1n) is 11.0. The molecule has 9 heteroatoms. The predicted molar refractivity (Wildman–Crippen MR) is 123 cm³/mol. The lowest BCUT2D eigenvalue weighted by Crippen LogP contribution is -2.48. The fraction of sp³-hybridized carbons (Fsp3) is 0.435. The first-order valence-corrected chi connectivity index (χ1v) is 12.4. The van der Waals surface area contributed by atoms with Crippen molar-refractivity contribution in [3.05, 3.63) is 54.1 Å². The summed E-state index contributed by atoms with van der Waals surface area (Å²) < 4.78 is 33.9. The van der Waals surface area contributed by atoms with E-state index in [4.69, 9.17) is 4.74 Å². The first-order chi connectivity index (χ1) is 15.4. The zero-order chi connectivity index (χ0) is 22.6. The molecule has 0 aliphatic carbocycles. The fourth-order valence-electron chi connectivity index (χ4n) is 4.13. The minimum absolute atomic E-state index is 0.136. The maximum atomic E-state index is 12.8. The fourth-order valence-corrected chi connectivity index (χ4v) is 5.17. The Morgan fingerprint density at radius 3 is 2.44 bits per heavy atom. The van der Waals surface area contributed by atoms with Gasteiger partial charge in [-0.2, -0.15) is 0 Å². The molecule has 2 aliphatic rings. The van der Waals surface area contributed by atoms with Gasteiger partial charge >= 0.3 is 0 Å². The molecule has 172 valence electrons. The van der Waals surface area contributed by atoms with Gasteiger partial charge < -0.3 is 9.64 Å². The van der Waals surface area contributed by atoms with E-state index < -0.39 is 10.0 Å². The van der Waals surface area contributed by atoms with E-state index in [1.807, 2.05) is 6.07 Å². The second-order valence-electron chi connectivity index (χ2n) is 8.15. The van der Waals surface area contributed by atoms with Crippen LogP contribution in [0, 0.1) is 0 Å². The number of piperazine rings is 1. The minimum atomic E-state index is -3.68. The van der Waals surface area contributed by atoms with E-state index in [2.05, 4.69) is 38.8 Å². The average molecular weight is 459 g/mol. The molecule has 1 saturated heterocycles. The zero-order valence-corrected chi connectivity index (χ0v) is 19.2. The Morgan fingerprint density at radius 2 is 1.72 bits per heavy atom. The number of nitrogens with zero attached hydrogens (tertiary/aromatic N) is 3. The lowest BCUT2D eigenvalue weighted by atomic mass is 10.2. The largest absolute Gasteiger partial charge is 0.490 e. The number of amides is 1. The summed E-state index contributed by atoms with van der Waals surface area (Å²) in [6.07, 6.45) is 0. The lowest BCUT2D eigenvalue weighted by molar-refractivity contribution is -0.116. The summed E-state index contributed by atoms with van der Waals surface area (Å²) in [4.78, 5) is 18.3. The Morgan fingerprint density at radius 1 is 1.00 bits per heavy atom. The molecule has 0 radical (unpaired) electrons. The van der Waals surface area contributed by atoms with Gasteiger partial charge in [0.05, 0.1) is 17.1 Å². The normalized spacial score (nSPS) is 17.6. The van der Waals surface area contributed by atoms with E-state index in [9.17, 15) is 13.2 Å². The van der Waals surface area contributed by atoms with Gasteiger partial charge in [0.2, 0.25) is 15.9 Å². The zero-order valence-electron chi connectivity index (χ0n) is 18.4. The second-order valence-corrected chi connectivity index (χ2v) is 9.92. The number of fused-ring (bicyclic) bond motifs is 1. The number of hydrogen-bond donors (Lipinski definition) is 1. The van der Waals surface area contributed by atoms with Gasteiger partial charge in [-0.15, -0.1) is 0 Å². The van der Waals surface area contributed by atoms with Crippen LogP contribution in [-0.4, -0.2) is 76.5 Å². The SMILES string of the molecule is CC(=O)N1CCOc2ccc(S(=O)(=O)NCCN3CCN(Cc4ccccc4)CC3)cc21. The number of hydrogen-bond acceptors (Lipinski definition) is 6. The maximum Gasteiger partial charge on any atom is 0.240 e. The van der Waals surface area contributed by atoms with Crippen LogP contribution in [0.1, 0.15) is 12.5 Å². The van der Waals surface area contributed by atoms with Gasteiger partial charge in [-0.1, -0.05) is 30.3 Å². The molecule has 0 atom stereocenters. The van der Waals surface area contributed by atoms with Crippen molar-refractivity contribution in [1.29, 1.82) is 0 Å². The summed E-state index contributed by atoms with van der Waals surface area (Å²) in [5.41, 5.74) is 1.81. The monoisotopic (exact) mass is 458 g/mol. The van der Waals surface area contributed by atoms with Gasteiger partial charge in [0.15, 0.2) is 0 Å². The van der Waals surface area contributed by atoms with Gasteiger partial charge in [0.1, 0.15) is 12.4 Å². The standard InChI is InChI=1S/C23H30N4O4S/c1-19(28)27-15-16-31-23-8-7-21(17-22(23)27)32(29,30)24-9-10-25-11-13-26(14-12-25)18-20-5-3-2-4-6-20/h2-8,17,24H,9-16,18H2,1H3. The van der Waals surface area contributed by atoms with Crippen molar-refractivity contribution in [2.24, 2.45) is 0 Å². The molecule has 8 nitrogen and oxygen atoms in total. The van der Waals surface area contributed by atoms with Gasteiger partial charge in [-0.05, 0) is 23.8 Å². The molecule has 1 N–H and O–H groups in total. The summed E-state index contributed by atoms with van der Waals surface area (Å²) in [7, 11) is -3.68. The van der Waals surface area contributed by atoms with Crippen molar-refractivity contribution in [2.75, 3.05) is 57.3 Å². The maximum absolute atomic E-state index is 12.8. The highest BCUT2D eigenvalue weighted by atomic mass is 32.2. The van der Waals surface area contributed by atoms with E-state index in [0.717, 1.165) is 32.7 Å². The molecule has 1 fully saturated rings. The summed E-state index contributed by atoms with van der Waals surface area (Å²) in [6.45, 7) is 7.98. The molecule has 0 spiro atoms. The molecule has 2 aromatic rings. The molecule has 32 heavy (non-hydrogen) atoms. The van der Waals surface area contributed by atoms with Crippen LogP contribution < -0.4 is 14.4 Å². The molecule has 0 bridgehead atoms. The van der Waals surface area contributed by atoms with Crippen LogP contribution in [0.3, 0.4) is 0 Å². The Bertz CT molecular complexity index is 1040. The quantitative estimate of drug-likeness (QED) is 0.678. The summed E-state index contributed by atoms with van der Waals surface area (Å²) in [6, 6.07) is 15.1. The third kappa shape index (κ3) is 5.47. The summed E-state index contributed by atoms with van der Waals surface area (Å²) >= 11 is 0. The van der Waals surface area contributed by atoms with Crippen molar-refractivity contribution >= 4 is 21.6 Å². The molecule has 4 rings (SSSR count). The summed E-state index contributed by atoms with van der Waals surface area (Å²) in [5, 5.41) is 0. The van der Waals surface area contributed by atoms with Crippen LogP contribution in [0.25, 0.3) is 0 Å². The smallest absolute Gasteiger partial charge is 0.240 e. The Labute approximate surface area is 189 Å². The van der Waals surface area contributed by atoms with Crippen LogP contribution in [0.2, 0.25) is 0 Å². The second kappa shape index (κ2) is 9.99. The Hall–Kier alpha value is -2.46. The van der Waals surface area contributed by atoms with E-state index in [1.165, 1.54) is 24.6 Å². The van der Waals surface area contributed by atoms with Gasteiger partial charge in [-0.25, -0.2) is 13.1 Å². The lowest BCUT2D eigenvalue weighted by Gasteiger charge is -2.34. The molecular weight excluding hydrogens is 428 g/mol. The van der Waals surface area contributed by atoms with Crippen molar-refractivity contribution in [3.8, 4) is 5.75 Å². The molecule has 2 aromatic carbocycles. The van der Waals surface area contributed by atoms with Crippen molar-refractivity contribution in [3.63, 3.8) is 0 Å². The first kappa shape index (κ1) is 22.7. The summed E-state index contributed by atoms with van der Waals surface area (Å²) in [5.74, 6) is 0.391. The molecule has 0 unspecified atom stereocenters. The molecule has 1 amide bonds. The average Bonchev–Trinajstić information content (AvgIpc) is 2.80. The molecule has 2 aliphatic heterocycles. The number of nitrogens with one attached hydrogen (secondary N) is 1. The third-order valence-corrected chi connectivity index (χ3v) is 7.38. The van der Waals surface area contributed by atoms with Crippen LogP contribution in [0.4, 0.5) is 5.69 Å². The van der Waals surface area contributed by atoms with Gasteiger partial charge in [0, 0.05) is 52.7 Å². The Kier molecular flexibility index (Phi) is 7.10. The molecule has 0 aromatic heterocycles. The van der Waals surface area contributed by atoms with E-state index in [-0.39, 0.29) is 10.8 Å². The number of carbonyl (C=O) groups is 1. The van der Waals surface area contributed by atoms with E-state index in [1.54, 1.807) is 11.0 Å². The van der Waals surface area contributed by atoms with Crippen LogP contribution in [0.15, 0.2) is 53.4 Å². The van der Waals surface area contributed by atoms with E-state index >= 15 is 0 Å². The molecular formula is C23H30N4O4S. The van der Waals surface area contributed by atoms with Gasteiger partial charge in [-0.3, -0.25) is 14.6 Å². The van der Waals surface area contributed by atoms with Crippen molar-refractivity contribution in [2.45, 2.75) is 18.4 Å². The molecule has 2 heterocycles. The van der Waals surface area contributed by atoms with Gasteiger partial charge in [0.25, 0.3) is 0 Å². The van der Waals surface area contributed by atoms with Crippen LogP contribution in [-0.2, 0) is 21.4 Å². The van der Waals surface area contributed by atoms with Crippen LogP contribution in [0.5, 0.6) is 5.75 Å². The highest BCUT2D eigenvalue weighted by Gasteiger charge is 2.25. The Balaban J connectivity index is 1.28. The van der Waals surface area contributed by atoms with Crippen LogP contribution >= 0.6 is 0 Å². The number of ether oxygens (including phenoxy) is 1. The third-order valence-electron chi connectivity index (χ3n) is 5.92. The topological polar surface area (TPSA) is 82.2 Å².